The number of hydrogen-bond donors (Lipinski definition) is 1. The van der Waals surface area contributed by atoms with Crippen LogP contribution in [0.3, 0.4) is 0 Å². The quantitative estimate of drug-likeness (QED) is 0.498. The molecule has 2 rings (SSSR count). The third-order valence-corrected chi connectivity index (χ3v) is 3.71. The Morgan fingerprint density at radius 3 is 2.77 bits per heavy atom. The average Bonchev–Trinajstić information content (AvgIpc) is 2.99. The topological polar surface area (TPSA) is 89.7 Å². The number of thiophene rings is 1. The fraction of sp³-hybridized carbons (Fsp3) is 0.133. The van der Waals surface area contributed by atoms with E-state index >= 15 is 0 Å². The minimum absolute atomic E-state index is 0.0912. The van der Waals surface area contributed by atoms with Crippen LogP contribution in [0, 0.1) is 10.1 Å². The van der Waals surface area contributed by atoms with E-state index in [1.165, 1.54) is 29.5 Å². The first-order valence-corrected chi connectivity index (χ1v) is 7.31. The summed E-state index contributed by atoms with van der Waals surface area (Å²) in [6, 6.07) is 7.81. The highest BCUT2D eigenvalue weighted by Gasteiger charge is 2.17. The van der Waals surface area contributed by atoms with Crippen molar-refractivity contribution in [1.82, 2.24) is 0 Å². The van der Waals surface area contributed by atoms with Gasteiger partial charge in [-0.25, -0.2) is 4.79 Å². The fourth-order valence-corrected chi connectivity index (χ4v) is 2.62. The second kappa shape index (κ2) is 6.86. The molecule has 0 saturated heterocycles. The summed E-state index contributed by atoms with van der Waals surface area (Å²) in [7, 11) is 0. The van der Waals surface area contributed by atoms with Crippen molar-refractivity contribution in [3.8, 4) is 5.75 Å². The largest absolute Gasteiger partial charge is 0.487 e. The Balaban J connectivity index is 2.47. The Hall–Kier alpha value is -2.67. The summed E-state index contributed by atoms with van der Waals surface area (Å²) in [5.74, 6) is -0.920. The van der Waals surface area contributed by atoms with Crippen LogP contribution in [-0.2, 0) is 4.79 Å². The molecule has 1 heterocycles. The van der Waals surface area contributed by atoms with Gasteiger partial charge in [-0.1, -0.05) is 12.1 Å². The normalized spacial score (nSPS) is 11.2. The molecule has 0 atom stereocenters. The van der Waals surface area contributed by atoms with Crippen LogP contribution in [0.4, 0.5) is 5.69 Å². The number of carbonyl (C=O) groups is 1. The average molecular weight is 319 g/mol. The summed E-state index contributed by atoms with van der Waals surface area (Å²) in [5, 5.41) is 22.2. The Bertz CT molecular complexity index is 722. The summed E-state index contributed by atoms with van der Waals surface area (Å²) in [6.45, 7) is 2.04. The predicted molar refractivity (Wildman–Crippen MR) is 84.1 cm³/mol. The summed E-state index contributed by atoms with van der Waals surface area (Å²) >= 11 is 1.29. The molecule has 0 bridgehead atoms. The maximum absolute atomic E-state index is 11.4. The van der Waals surface area contributed by atoms with Crippen LogP contribution in [0.15, 0.2) is 35.7 Å². The number of rotatable bonds is 6. The minimum atomic E-state index is -1.08. The van der Waals surface area contributed by atoms with Crippen LogP contribution >= 0.6 is 11.3 Å². The molecule has 0 saturated carbocycles. The molecule has 1 aromatic heterocycles. The number of benzene rings is 1. The van der Waals surface area contributed by atoms with Crippen LogP contribution in [0.1, 0.15) is 17.4 Å². The zero-order valence-electron chi connectivity index (χ0n) is 11.7. The Labute approximate surface area is 130 Å². The zero-order chi connectivity index (χ0) is 16.1. The third-order valence-electron chi connectivity index (χ3n) is 2.81. The lowest BCUT2D eigenvalue weighted by atomic mass is 10.1. The van der Waals surface area contributed by atoms with Crippen molar-refractivity contribution in [2.24, 2.45) is 0 Å². The Morgan fingerprint density at radius 1 is 1.45 bits per heavy atom. The van der Waals surface area contributed by atoms with Gasteiger partial charge in [-0.05, 0) is 36.1 Å². The number of carboxylic acid groups (broad SMARTS) is 1. The molecular weight excluding hydrogens is 306 g/mol. The van der Waals surface area contributed by atoms with Crippen LogP contribution in [-0.4, -0.2) is 22.6 Å². The van der Waals surface area contributed by atoms with Crippen LogP contribution in [0.2, 0.25) is 0 Å². The maximum atomic E-state index is 11.4. The summed E-state index contributed by atoms with van der Waals surface area (Å²) < 4.78 is 5.20. The maximum Gasteiger partial charge on any atom is 0.337 e. The lowest BCUT2D eigenvalue weighted by Crippen LogP contribution is -1.99. The molecule has 22 heavy (non-hydrogen) atoms. The summed E-state index contributed by atoms with van der Waals surface area (Å²) in [4.78, 5) is 22.5. The number of ether oxygens (including phenoxy) is 1. The fourth-order valence-electron chi connectivity index (χ4n) is 1.88. The molecule has 0 spiro atoms. The minimum Gasteiger partial charge on any atom is -0.487 e. The van der Waals surface area contributed by atoms with Gasteiger partial charge in [0.25, 0.3) is 0 Å². The number of hydrogen-bond acceptors (Lipinski definition) is 5. The molecule has 2 aromatic rings. The highest BCUT2D eigenvalue weighted by atomic mass is 32.1. The SMILES string of the molecule is CCOc1ccc(/C=C(\C(=O)O)c2cccs2)cc1[N+](=O)[O-]. The summed E-state index contributed by atoms with van der Waals surface area (Å²) in [5.41, 5.74) is 0.334. The number of nitro benzene ring substituents is 1. The Morgan fingerprint density at radius 2 is 2.23 bits per heavy atom. The molecule has 0 amide bonds. The van der Waals surface area contributed by atoms with E-state index in [9.17, 15) is 20.0 Å². The molecule has 7 heteroatoms. The van der Waals surface area contributed by atoms with Gasteiger partial charge in [-0.15, -0.1) is 11.3 Å². The molecule has 0 aliphatic rings. The molecule has 0 unspecified atom stereocenters. The number of nitro groups is 1. The summed E-state index contributed by atoms with van der Waals surface area (Å²) in [6.07, 6.45) is 1.41. The van der Waals surface area contributed by atoms with Crippen molar-refractivity contribution in [2.45, 2.75) is 6.92 Å². The van der Waals surface area contributed by atoms with Crippen LogP contribution < -0.4 is 4.74 Å². The second-order valence-electron chi connectivity index (χ2n) is 4.26. The molecule has 1 N–H and O–H groups in total. The van der Waals surface area contributed by atoms with Crippen molar-refractivity contribution in [2.75, 3.05) is 6.61 Å². The first-order chi connectivity index (χ1) is 10.5. The predicted octanol–water partition coefficient (Wildman–Crippen LogP) is 3.68. The van der Waals surface area contributed by atoms with E-state index in [4.69, 9.17) is 4.74 Å². The Kier molecular flexibility index (Phi) is 4.90. The van der Waals surface area contributed by atoms with Gasteiger partial charge in [0, 0.05) is 10.9 Å². The van der Waals surface area contributed by atoms with Crippen molar-refractivity contribution in [1.29, 1.82) is 0 Å². The standard InChI is InChI=1S/C15H13NO5S/c1-2-21-13-6-5-10(9-12(13)16(19)20)8-11(15(17)18)14-4-3-7-22-14/h3-9H,2H2,1H3,(H,17,18)/b11-8-. The number of aliphatic carboxylic acids is 1. The van der Waals surface area contributed by atoms with Gasteiger partial charge in [-0.2, -0.15) is 0 Å². The molecule has 1 aromatic carbocycles. The van der Waals surface area contributed by atoms with Gasteiger partial charge in [0.2, 0.25) is 0 Å². The van der Waals surface area contributed by atoms with Gasteiger partial charge in [0.05, 0.1) is 17.1 Å². The van der Waals surface area contributed by atoms with Gasteiger partial charge in [0.1, 0.15) is 0 Å². The van der Waals surface area contributed by atoms with Crippen molar-refractivity contribution in [3.05, 3.63) is 56.3 Å². The second-order valence-corrected chi connectivity index (χ2v) is 5.21. The molecule has 0 aliphatic heterocycles. The van der Waals surface area contributed by atoms with E-state index in [-0.39, 0.29) is 17.0 Å². The lowest BCUT2D eigenvalue weighted by molar-refractivity contribution is -0.385. The van der Waals surface area contributed by atoms with Crippen LogP contribution in [0.25, 0.3) is 11.6 Å². The van der Waals surface area contributed by atoms with Gasteiger partial charge in [-0.3, -0.25) is 10.1 Å². The van der Waals surface area contributed by atoms with E-state index in [0.717, 1.165) is 0 Å². The smallest absolute Gasteiger partial charge is 0.337 e. The van der Waals surface area contributed by atoms with Gasteiger partial charge >= 0.3 is 11.7 Å². The molecule has 0 radical (unpaired) electrons. The van der Waals surface area contributed by atoms with Crippen molar-refractivity contribution in [3.63, 3.8) is 0 Å². The van der Waals surface area contributed by atoms with Gasteiger partial charge < -0.3 is 9.84 Å². The van der Waals surface area contributed by atoms with Gasteiger partial charge in [0.15, 0.2) is 5.75 Å². The zero-order valence-corrected chi connectivity index (χ0v) is 12.5. The molecular formula is C15H13NO5S. The molecule has 114 valence electrons. The first-order valence-electron chi connectivity index (χ1n) is 6.43. The third kappa shape index (κ3) is 3.50. The molecule has 0 aliphatic carbocycles. The monoisotopic (exact) mass is 319 g/mol. The first kappa shape index (κ1) is 15.7. The van der Waals surface area contributed by atoms with E-state index in [2.05, 4.69) is 0 Å². The van der Waals surface area contributed by atoms with E-state index in [1.807, 2.05) is 0 Å². The molecule has 6 nitrogen and oxygen atoms in total. The van der Waals surface area contributed by atoms with E-state index < -0.39 is 10.9 Å². The number of carboxylic acids is 1. The van der Waals surface area contributed by atoms with Crippen molar-refractivity contribution < 1.29 is 19.6 Å². The highest BCUT2D eigenvalue weighted by molar-refractivity contribution is 7.11. The highest BCUT2D eigenvalue weighted by Crippen LogP contribution is 2.30. The lowest BCUT2D eigenvalue weighted by Gasteiger charge is -2.05. The van der Waals surface area contributed by atoms with Crippen LogP contribution in [0.5, 0.6) is 5.75 Å². The van der Waals surface area contributed by atoms with E-state index in [0.29, 0.717) is 17.0 Å². The number of nitrogens with zero attached hydrogens (tertiary/aromatic N) is 1. The molecule has 0 fully saturated rings. The van der Waals surface area contributed by atoms with Crippen molar-refractivity contribution >= 4 is 34.6 Å². The van der Waals surface area contributed by atoms with E-state index in [1.54, 1.807) is 30.5 Å².